The Morgan fingerprint density at radius 1 is 1.10 bits per heavy atom. The van der Waals surface area contributed by atoms with Crippen LogP contribution in [0.1, 0.15) is 16.7 Å². The van der Waals surface area contributed by atoms with Crippen molar-refractivity contribution < 1.29 is 13.2 Å². The number of anilines is 2. The predicted octanol–water partition coefficient (Wildman–Crippen LogP) is 4.21. The number of halogens is 3. The molecule has 2 aromatic rings. The fourth-order valence-corrected chi connectivity index (χ4v) is 1.88. The van der Waals surface area contributed by atoms with Gasteiger partial charge in [-0.3, -0.25) is 0 Å². The van der Waals surface area contributed by atoms with Gasteiger partial charge in [0.1, 0.15) is 0 Å². The topological polar surface area (TPSA) is 38.0 Å². The second-order valence-electron chi connectivity index (χ2n) is 4.63. The largest absolute Gasteiger partial charge is 0.416 e. The summed E-state index contributed by atoms with van der Waals surface area (Å²) in [6.45, 7) is 2.22. The molecule has 0 radical (unpaired) electrons. The third kappa shape index (κ3) is 3.44. The van der Waals surface area contributed by atoms with Crippen molar-refractivity contribution in [2.45, 2.75) is 19.6 Å². The van der Waals surface area contributed by atoms with Gasteiger partial charge in [-0.2, -0.15) is 13.2 Å². The fourth-order valence-electron chi connectivity index (χ4n) is 1.88. The van der Waals surface area contributed by atoms with E-state index < -0.39 is 11.7 Å². The van der Waals surface area contributed by atoms with E-state index in [0.29, 0.717) is 17.8 Å². The van der Waals surface area contributed by atoms with E-state index in [4.69, 9.17) is 5.73 Å². The minimum Gasteiger partial charge on any atom is -0.399 e. The van der Waals surface area contributed by atoms with Crippen LogP contribution in [0, 0.1) is 6.92 Å². The Balaban J connectivity index is 2.13. The van der Waals surface area contributed by atoms with Crippen molar-refractivity contribution in [1.29, 1.82) is 0 Å². The Morgan fingerprint density at radius 3 is 2.55 bits per heavy atom. The summed E-state index contributed by atoms with van der Waals surface area (Å²) in [5.74, 6) is 0. The molecular weight excluding hydrogens is 265 g/mol. The van der Waals surface area contributed by atoms with Crippen molar-refractivity contribution in [3.8, 4) is 0 Å². The zero-order valence-corrected chi connectivity index (χ0v) is 11.0. The number of nitrogens with one attached hydrogen (secondary N) is 1. The lowest BCUT2D eigenvalue weighted by atomic mass is 10.1. The molecule has 2 nitrogen and oxygen atoms in total. The molecule has 3 N–H and O–H groups in total. The number of aryl methyl sites for hydroxylation is 1. The number of nitrogens with two attached hydrogens (primary N) is 1. The molecule has 0 aliphatic carbocycles. The SMILES string of the molecule is Cc1ccc(N)cc1NCc1cccc(C(F)(F)F)c1. The molecule has 20 heavy (non-hydrogen) atoms. The predicted molar refractivity (Wildman–Crippen MR) is 74.4 cm³/mol. The summed E-state index contributed by atoms with van der Waals surface area (Å²) in [6.07, 6.45) is -4.32. The molecule has 0 unspecified atom stereocenters. The quantitative estimate of drug-likeness (QED) is 0.827. The molecule has 0 bridgehead atoms. The van der Waals surface area contributed by atoms with Crippen LogP contribution in [0.25, 0.3) is 0 Å². The minimum absolute atomic E-state index is 0.314. The van der Waals surface area contributed by atoms with E-state index in [1.165, 1.54) is 6.07 Å². The second-order valence-corrected chi connectivity index (χ2v) is 4.63. The van der Waals surface area contributed by atoms with Gasteiger partial charge in [-0.15, -0.1) is 0 Å². The molecule has 0 fully saturated rings. The van der Waals surface area contributed by atoms with E-state index >= 15 is 0 Å². The van der Waals surface area contributed by atoms with Crippen LogP contribution >= 0.6 is 0 Å². The van der Waals surface area contributed by atoms with Crippen molar-refractivity contribution in [2.75, 3.05) is 11.1 Å². The monoisotopic (exact) mass is 280 g/mol. The highest BCUT2D eigenvalue weighted by molar-refractivity contribution is 5.59. The van der Waals surface area contributed by atoms with Crippen molar-refractivity contribution in [3.05, 3.63) is 59.2 Å². The van der Waals surface area contributed by atoms with Gasteiger partial charge in [0.2, 0.25) is 0 Å². The number of hydrogen-bond acceptors (Lipinski definition) is 2. The lowest BCUT2D eigenvalue weighted by Gasteiger charge is -2.12. The number of benzene rings is 2. The molecule has 0 heterocycles. The molecule has 0 aliphatic rings. The molecule has 0 amide bonds. The van der Waals surface area contributed by atoms with Gasteiger partial charge in [0.05, 0.1) is 5.56 Å². The van der Waals surface area contributed by atoms with Crippen molar-refractivity contribution in [2.24, 2.45) is 0 Å². The van der Waals surface area contributed by atoms with Crippen LogP contribution in [-0.4, -0.2) is 0 Å². The molecule has 0 aromatic heterocycles. The van der Waals surface area contributed by atoms with E-state index in [1.807, 2.05) is 13.0 Å². The van der Waals surface area contributed by atoms with Gasteiger partial charge in [0.25, 0.3) is 0 Å². The number of hydrogen-bond donors (Lipinski definition) is 2. The highest BCUT2D eigenvalue weighted by Crippen LogP contribution is 2.29. The molecular formula is C15H15F3N2. The maximum atomic E-state index is 12.6. The fraction of sp³-hybridized carbons (Fsp3) is 0.200. The van der Waals surface area contributed by atoms with E-state index in [0.717, 1.165) is 23.4 Å². The first-order valence-corrected chi connectivity index (χ1v) is 6.12. The summed E-state index contributed by atoms with van der Waals surface area (Å²) < 4.78 is 37.8. The summed E-state index contributed by atoms with van der Waals surface area (Å²) >= 11 is 0. The molecule has 0 aliphatic heterocycles. The third-order valence-corrected chi connectivity index (χ3v) is 3.00. The van der Waals surface area contributed by atoms with Gasteiger partial charge in [-0.1, -0.05) is 18.2 Å². The zero-order valence-electron chi connectivity index (χ0n) is 11.0. The maximum Gasteiger partial charge on any atom is 0.416 e. The summed E-state index contributed by atoms with van der Waals surface area (Å²) in [4.78, 5) is 0. The molecule has 0 saturated carbocycles. The van der Waals surface area contributed by atoms with Gasteiger partial charge in [-0.25, -0.2) is 0 Å². The van der Waals surface area contributed by atoms with Crippen LogP contribution in [0.15, 0.2) is 42.5 Å². The van der Waals surface area contributed by atoms with Crippen LogP contribution in [0.3, 0.4) is 0 Å². The standard InChI is InChI=1S/C15H15F3N2/c1-10-5-6-13(19)8-14(10)20-9-11-3-2-4-12(7-11)15(16,17)18/h2-8,20H,9,19H2,1H3. The van der Waals surface area contributed by atoms with Crippen LogP contribution < -0.4 is 11.1 Å². The van der Waals surface area contributed by atoms with E-state index in [9.17, 15) is 13.2 Å². The Hall–Kier alpha value is -2.17. The van der Waals surface area contributed by atoms with Crippen LogP contribution in [0.4, 0.5) is 24.5 Å². The normalized spacial score (nSPS) is 11.4. The highest BCUT2D eigenvalue weighted by Gasteiger charge is 2.30. The zero-order chi connectivity index (χ0) is 14.8. The average Bonchev–Trinajstić information content (AvgIpc) is 2.39. The number of alkyl halides is 3. The van der Waals surface area contributed by atoms with E-state index in [-0.39, 0.29) is 0 Å². The summed E-state index contributed by atoms with van der Waals surface area (Å²) in [5, 5.41) is 3.10. The molecule has 2 rings (SSSR count). The Kier molecular flexibility index (Phi) is 3.88. The Morgan fingerprint density at radius 2 is 1.85 bits per heavy atom. The van der Waals surface area contributed by atoms with Crippen molar-refractivity contribution >= 4 is 11.4 Å². The van der Waals surface area contributed by atoms with E-state index in [1.54, 1.807) is 18.2 Å². The molecule has 2 aromatic carbocycles. The van der Waals surface area contributed by atoms with Gasteiger partial charge >= 0.3 is 6.18 Å². The second kappa shape index (κ2) is 5.45. The molecule has 106 valence electrons. The van der Waals surface area contributed by atoms with E-state index in [2.05, 4.69) is 5.32 Å². The molecule has 0 saturated heterocycles. The van der Waals surface area contributed by atoms with Crippen molar-refractivity contribution in [3.63, 3.8) is 0 Å². The Labute approximate surface area is 115 Å². The van der Waals surface area contributed by atoms with Crippen LogP contribution in [0.5, 0.6) is 0 Å². The van der Waals surface area contributed by atoms with Gasteiger partial charge < -0.3 is 11.1 Å². The Bertz CT molecular complexity index is 606. The van der Waals surface area contributed by atoms with Crippen molar-refractivity contribution in [1.82, 2.24) is 0 Å². The lowest BCUT2D eigenvalue weighted by molar-refractivity contribution is -0.137. The molecule has 5 heteroatoms. The van der Waals surface area contributed by atoms with Gasteiger partial charge in [0.15, 0.2) is 0 Å². The average molecular weight is 280 g/mol. The maximum absolute atomic E-state index is 12.6. The lowest BCUT2D eigenvalue weighted by Crippen LogP contribution is -2.07. The smallest absolute Gasteiger partial charge is 0.399 e. The first kappa shape index (κ1) is 14.2. The van der Waals surface area contributed by atoms with Gasteiger partial charge in [0, 0.05) is 17.9 Å². The molecule has 0 atom stereocenters. The number of nitrogen functional groups attached to an aromatic ring is 1. The summed E-state index contributed by atoms with van der Waals surface area (Å²) in [6, 6.07) is 10.7. The first-order valence-electron chi connectivity index (χ1n) is 6.12. The highest BCUT2D eigenvalue weighted by atomic mass is 19.4. The summed E-state index contributed by atoms with van der Waals surface area (Å²) in [5.41, 5.74) is 8.05. The third-order valence-electron chi connectivity index (χ3n) is 3.00. The first-order chi connectivity index (χ1) is 9.36. The van der Waals surface area contributed by atoms with Crippen LogP contribution in [0.2, 0.25) is 0 Å². The van der Waals surface area contributed by atoms with Crippen LogP contribution in [-0.2, 0) is 12.7 Å². The van der Waals surface area contributed by atoms with Gasteiger partial charge in [-0.05, 0) is 42.3 Å². The molecule has 0 spiro atoms. The summed E-state index contributed by atoms with van der Waals surface area (Å²) in [7, 11) is 0. The number of rotatable bonds is 3. The minimum atomic E-state index is -4.32.